The van der Waals surface area contributed by atoms with Gasteiger partial charge in [-0.25, -0.2) is 9.37 Å². The molecular weight excluding hydrogens is 329 g/mol. The first-order chi connectivity index (χ1) is 12.7. The highest BCUT2D eigenvalue weighted by atomic mass is 19.1. The summed E-state index contributed by atoms with van der Waals surface area (Å²) in [6.07, 6.45) is 3.27. The molecule has 0 unspecified atom stereocenters. The Morgan fingerprint density at radius 2 is 1.73 bits per heavy atom. The van der Waals surface area contributed by atoms with Crippen LogP contribution in [0.2, 0.25) is 0 Å². The van der Waals surface area contributed by atoms with E-state index in [0.717, 1.165) is 12.8 Å². The Morgan fingerprint density at radius 3 is 2.46 bits per heavy atom. The quantitative estimate of drug-likeness (QED) is 0.624. The van der Waals surface area contributed by atoms with Crippen LogP contribution in [-0.4, -0.2) is 17.4 Å². The van der Waals surface area contributed by atoms with Crippen molar-refractivity contribution in [2.24, 2.45) is 0 Å². The first-order valence-corrected chi connectivity index (χ1v) is 8.52. The lowest BCUT2D eigenvalue weighted by Crippen LogP contribution is -2.24. The van der Waals surface area contributed by atoms with Crippen LogP contribution in [0.4, 0.5) is 15.9 Å². The minimum atomic E-state index is -0.352. The first kappa shape index (κ1) is 17.6. The number of rotatable bonds is 7. The number of hydrogen-bond acceptors (Lipinski definition) is 3. The number of anilines is 2. The van der Waals surface area contributed by atoms with Crippen LogP contribution in [0, 0.1) is 5.82 Å². The molecule has 4 nitrogen and oxygen atoms in total. The van der Waals surface area contributed by atoms with Crippen molar-refractivity contribution in [1.29, 1.82) is 0 Å². The standard InChI is InChI=1S/C21H20FN3O/c22-18-10-4-5-11-19(18)25-20-13-12-17(15-24-20)21(26)23-14-6-9-16-7-2-1-3-8-16/h1-5,7-8,10-13,15H,6,9,14H2,(H,23,26)(H,24,25). The molecule has 26 heavy (non-hydrogen) atoms. The lowest BCUT2D eigenvalue weighted by Gasteiger charge is -2.08. The van der Waals surface area contributed by atoms with Crippen molar-refractivity contribution in [3.63, 3.8) is 0 Å². The number of carbonyl (C=O) groups excluding carboxylic acids is 1. The summed E-state index contributed by atoms with van der Waals surface area (Å²) in [7, 11) is 0. The molecule has 0 saturated carbocycles. The van der Waals surface area contributed by atoms with Gasteiger partial charge >= 0.3 is 0 Å². The molecule has 1 aromatic heterocycles. The van der Waals surface area contributed by atoms with E-state index in [2.05, 4.69) is 27.8 Å². The number of aromatic nitrogens is 1. The number of nitrogens with zero attached hydrogens (tertiary/aromatic N) is 1. The van der Waals surface area contributed by atoms with Crippen LogP contribution < -0.4 is 10.6 Å². The summed E-state index contributed by atoms with van der Waals surface area (Å²) < 4.78 is 13.6. The molecule has 0 aliphatic carbocycles. The third-order valence-electron chi connectivity index (χ3n) is 3.93. The topological polar surface area (TPSA) is 54.0 Å². The molecule has 0 aliphatic heterocycles. The zero-order chi connectivity index (χ0) is 18.2. The van der Waals surface area contributed by atoms with E-state index in [1.54, 1.807) is 30.3 Å². The molecule has 5 heteroatoms. The molecule has 3 rings (SSSR count). The maximum atomic E-state index is 13.6. The van der Waals surface area contributed by atoms with Crippen molar-refractivity contribution in [2.45, 2.75) is 12.8 Å². The van der Waals surface area contributed by atoms with Crippen LogP contribution in [-0.2, 0) is 6.42 Å². The Hall–Kier alpha value is -3.21. The number of benzene rings is 2. The summed E-state index contributed by atoms with van der Waals surface area (Å²) in [4.78, 5) is 16.3. The lowest BCUT2D eigenvalue weighted by molar-refractivity contribution is 0.0953. The Bertz CT molecular complexity index is 851. The van der Waals surface area contributed by atoms with E-state index in [0.29, 0.717) is 23.6 Å². The summed E-state index contributed by atoms with van der Waals surface area (Å²) in [5.74, 6) is -0.0340. The smallest absolute Gasteiger partial charge is 0.252 e. The predicted molar refractivity (Wildman–Crippen MR) is 101 cm³/mol. The highest BCUT2D eigenvalue weighted by Crippen LogP contribution is 2.17. The fourth-order valence-corrected chi connectivity index (χ4v) is 2.54. The molecule has 0 fully saturated rings. The second-order valence-corrected chi connectivity index (χ2v) is 5.88. The average Bonchev–Trinajstić information content (AvgIpc) is 2.68. The van der Waals surface area contributed by atoms with E-state index >= 15 is 0 Å². The van der Waals surface area contributed by atoms with Gasteiger partial charge in [0.25, 0.3) is 5.91 Å². The monoisotopic (exact) mass is 349 g/mol. The Morgan fingerprint density at radius 1 is 0.962 bits per heavy atom. The molecule has 1 heterocycles. The zero-order valence-electron chi connectivity index (χ0n) is 14.3. The number of para-hydroxylation sites is 1. The average molecular weight is 349 g/mol. The predicted octanol–water partition coefficient (Wildman–Crippen LogP) is 4.33. The van der Waals surface area contributed by atoms with Crippen LogP contribution in [0.1, 0.15) is 22.3 Å². The van der Waals surface area contributed by atoms with Crippen molar-refractivity contribution >= 4 is 17.4 Å². The molecular formula is C21H20FN3O. The Balaban J connectivity index is 1.48. The molecule has 0 aliphatic rings. The Labute approximate surface area is 152 Å². The lowest BCUT2D eigenvalue weighted by atomic mass is 10.1. The van der Waals surface area contributed by atoms with Gasteiger partial charge in [0.2, 0.25) is 0 Å². The fraction of sp³-hybridized carbons (Fsp3) is 0.143. The van der Waals surface area contributed by atoms with Crippen LogP contribution in [0.5, 0.6) is 0 Å². The minimum absolute atomic E-state index is 0.164. The summed E-state index contributed by atoms with van der Waals surface area (Å²) in [6, 6.07) is 19.9. The molecule has 0 atom stereocenters. The van der Waals surface area contributed by atoms with E-state index in [-0.39, 0.29) is 11.7 Å². The molecule has 0 radical (unpaired) electrons. The normalized spacial score (nSPS) is 10.3. The van der Waals surface area contributed by atoms with Crippen molar-refractivity contribution in [3.8, 4) is 0 Å². The van der Waals surface area contributed by atoms with Crippen LogP contribution >= 0.6 is 0 Å². The third-order valence-corrected chi connectivity index (χ3v) is 3.93. The summed E-state index contributed by atoms with van der Waals surface area (Å²) >= 11 is 0. The molecule has 1 amide bonds. The second-order valence-electron chi connectivity index (χ2n) is 5.88. The van der Waals surface area contributed by atoms with Crippen LogP contribution in [0.15, 0.2) is 72.9 Å². The highest BCUT2D eigenvalue weighted by molar-refractivity contribution is 5.94. The van der Waals surface area contributed by atoms with Crippen molar-refractivity contribution in [1.82, 2.24) is 10.3 Å². The van der Waals surface area contributed by atoms with Gasteiger partial charge in [0, 0.05) is 12.7 Å². The number of carbonyl (C=O) groups is 1. The summed E-state index contributed by atoms with van der Waals surface area (Å²) in [6.45, 7) is 0.600. The van der Waals surface area contributed by atoms with Gasteiger partial charge in [0.05, 0.1) is 11.3 Å². The molecule has 2 N–H and O–H groups in total. The second kappa shape index (κ2) is 8.76. The van der Waals surface area contributed by atoms with Crippen LogP contribution in [0.25, 0.3) is 0 Å². The van der Waals surface area contributed by atoms with Crippen molar-refractivity contribution in [2.75, 3.05) is 11.9 Å². The molecule has 2 aromatic carbocycles. The number of aryl methyl sites for hydroxylation is 1. The van der Waals surface area contributed by atoms with Gasteiger partial charge in [0.1, 0.15) is 11.6 Å². The molecule has 0 saturated heterocycles. The highest BCUT2D eigenvalue weighted by Gasteiger charge is 2.07. The van der Waals surface area contributed by atoms with Gasteiger partial charge in [-0.1, -0.05) is 42.5 Å². The molecule has 0 spiro atoms. The Kier molecular flexibility index (Phi) is 5.93. The van der Waals surface area contributed by atoms with E-state index in [1.165, 1.54) is 17.8 Å². The van der Waals surface area contributed by atoms with Gasteiger partial charge in [-0.05, 0) is 42.7 Å². The third kappa shape index (κ3) is 4.89. The molecule has 0 bridgehead atoms. The largest absolute Gasteiger partial charge is 0.352 e. The number of halogens is 1. The fourth-order valence-electron chi connectivity index (χ4n) is 2.54. The first-order valence-electron chi connectivity index (χ1n) is 8.52. The molecule has 132 valence electrons. The number of pyridine rings is 1. The number of hydrogen-bond donors (Lipinski definition) is 2. The van der Waals surface area contributed by atoms with Gasteiger partial charge in [-0.3, -0.25) is 4.79 Å². The van der Waals surface area contributed by atoms with Gasteiger partial charge < -0.3 is 10.6 Å². The summed E-state index contributed by atoms with van der Waals surface area (Å²) in [5.41, 5.74) is 2.08. The number of amides is 1. The van der Waals surface area contributed by atoms with Gasteiger partial charge in [-0.2, -0.15) is 0 Å². The maximum absolute atomic E-state index is 13.6. The van der Waals surface area contributed by atoms with Crippen molar-refractivity contribution < 1.29 is 9.18 Å². The SMILES string of the molecule is O=C(NCCCc1ccccc1)c1ccc(Nc2ccccc2F)nc1. The minimum Gasteiger partial charge on any atom is -0.352 e. The van der Waals surface area contributed by atoms with Gasteiger partial charge in [0.15, 0.2) is 0 Å². The summed E-state index contributed by atoms with van der Waals surface area (Å²) in [5, 5.41) is 5.78. The zero-order valence-corrected chi connectivity index (χ0v) is 14.3. The van der Waals surface area contributed by atoms with Gasteiger partial charge in [-0.15, -0.1) is 0 Å². The van der Waals surface area contributed by atoms with Crippen molar-refractivity contribution in [3.05, 3.63) is 89.9 Å². The van der Waals surface area contributed by atoms with E-state index in [9.17, 15) is 9.18 Å². The van der Waals surface area contributed by atoms with E-state index in [1.807, 2.05) is 18.2 Å². The van der Waals surface area contributed by atoms with E-state index in [4.69, 9.17) is 0 Å². The molecule has 3 aromatic rings. The van der Waals surface area contributed by atoms with E-state index < -0.39 is 0 Å². The maximum Gasteiger partial charge on any atom is 0.252 e. The number of nitrogens with one attached hydrogen (secondary N) is 2. The van der Waals surface area contributed by atoms with Crippen LogP contribution in [0.3, 0.4) is 0 Å².